The molecule has 0 saturated heterocycles. The van der Waals surface area contributed by atoms with Gasteiger partial charge in [0.05, 0.1) is 26.8 Å². The van der Waals surface area contributed by atoms with Crippen molar-refractivity contribution in [3.63, 3.8) is 0 Å². The van der Waals surface area contributed by atoms with Crippen molar-refractivity contribution in [2.75, 3.05) is 6.26 Å². The molecule has 0 bridgehead atoms. The van der Waals surface area contributed by atoms with Crippen molar-refractivity contribution in [1.82, 2.24) is 19.6 Å². The molecular weight excluding hydrogens is 491 g/mol. The Morgan fingerprint density at radius 2 is 1.70 bits per heavy atom. The molecule has 1 aromatic carbocycles. The van der Waals surface area contributed by atoms with Crippen LogP contribution in [0, 0.1) is 0 Å². The van der Waals surface area contributed by atoms with Gasteiger partial charge in [-0.2, -0.15) is 10.2 Å². The van der Waals surface area contributed by atoms with Crippen LogP contribution in [0.2, 0.25) is 10.0 Å². The normalized spacial score (nSPS) is 11.6. The average molecular weight is 513 g/mol. The molecule has 0 atom stereocenters. The van der Waals surface area contributed by atoms with Gasteiger partial charge in [0, 0.05) is 25.9 Å². The molecule has 0 aliphatic heterocycles. The van der Waals surface area contributed by atoms with Crippen LogP contribution in [0.3, 0.4) is 0 Å². The molecule has 12 heteroatoms. The van der Waals surface area contributed by atoms with Crippen molar-refractivity contribution >= 4 is 44.8 Å². The molecule has 0 unspecified atom stereocenters. The Balaban J connectivity index is 2.04. The van der Waals surface area contributed by atoms with E-state index in [0.29, 0.717) is 24.1 Å². The Morgan fingerprint density at radius 3 is 2.24 bits per heavy atom. The molecule has 0 fully saturated rings. The van der Waals surface area contributed by atoms with Gasteiger partial charge in [-0.1, -0.05) is 37.0 Å². The monoisotopic (exact) mass is 512 g/mol. The Kier molecular flexibility index (Phi) is 7.01. The van der Waals surface area contributed by atoms with E-state index in [1.54, 1.807) is 14.0 Å². The number of hydrogen-bond donors (Lipinski definition) is 0. The van der Waals surface area contributed by atoms with E-state index in [1.165, 1.54) is 34.7 Å². The molecule has 176 valence electrons. The molecule has 0 aliphatic rings. The molecule has 3 aromatic rings. The number of esters is 1. The summed E-state index contributed by atoms with van der Waals surface area (Å²) in [4.78, 5) is 26.2. The molecule has 0 radical (unpaired) electrons. The summed E-state index contributed by atoms with van der Waals surface area (Å²) < 4.78 is 32.2. The summed E-state index contributed by atoms with van der Waals surface area (Å²) in [6.45, 7) is 3.59. The van der Waals surface area contributed by atoms with Gasteiger partial charge in [0.1, 0.15) is 5.56 Å². The lowest BCUT2D eigenvalue weighted by molar-refractivity contribution is 0.0707. The minimum Gasteiger partial charge on any atom is -0.402 e. The summed E-state index contributed by atoms with van der Waals surface area (Å²) >= 11 is 12.7. The molecule has 33 heavy (non-hydrogen) atoms. The largest absolute Gasteiger partial charge is 0.402 e. The van der Waals surface area contributed by atoms with Gasteiger partial charge in [0.2, 0.25) is 11.7 Å². The molecule has 0 aliphatic carbocycles. The summed E-state index contributed by atoms with van der Waals surface area (Å²) in [6, 6.07) is 2.68. The van der Waals surface area contributed by atoms with Gasteiger partial charge in [0.15, 0.2) is 15.5 Å². The highest BCUT2D eigenvalue weighted by molar-refractivity contribution is 7.90. The van der Waals surface area contributed by atoms with E-state index in [2.05, 4.69) is 10.2 Å². The van der Waals surface area contributed by atoms with Crippen molar-refractivity contribution in [2.45, 2.75) is 31.6 Å². The number of carbonyl (C=O) groups is 2. The maximum atomic E-state index is 13.3. The van der Waals surface area contributed by atoms with E-state index in [9.17, 15) is 18.0 Å². The zero-order chi connectivity index (χ0) is 24.7. The number of aromatic nitrogens is 4. The molecule has 2 aromatic heterocycles. The number of rotatable bonds is 7. The van der Waals surface area contributed by atoms with E-state index < -0.39 is 21.6 Å². The van der Waals surface area contributed by atoms with E-state index in [4.69, 9.17) is 27.9 Å². The second-order valence-corrected chi connectivity index (χ2v) is 10.1. The standard InChI is InChI=1S/C21H22Cl2N4O5S/c1-6-11-15(33(5,30)31)9-8-12(16(11)22)19(28)13-10-24-27(4)20(13)32-21(29)18-17(23)14(7-2)25-26(18)3/h8-10H,6-7H2,1-5H3. The van der Waals surface area contributed by atoms with Crippen molar-refractivity contribution < 1.29 is 22.7 Å². The number of benzene rings is 1. The van der Waals surface area contributed by atoms with Crippen LogP contribution in [0.4, 0.5) is 0 Å². The second kappa shape index (κ2) is 9.28. The van der Waals surface area contributed by atoms with Gasteiger partial charge in [-0.3, -0.25) is 9.48 Å². The first-order valence-corrected chi connectivity index (χ1v) is 12.6. The number of nitrogens with zero attached hydrogens (tertiary/aromatic N) is 4. The zero-order valence-corrected chi connectivity index (χ0v) is 21.0. The van der Waals surface area contributed by atoms with Crippen LogP contribution in [0.15, 0.2) is 23.2 Å². The third-order valence-electron chi connectivity index (χ3n) is 5.10. The third kappa shape index (κ3) is 4.55. The highest BCUT2D eigenvalue weighted by Gasteiger charge is 2.28. The number of carbonyl (C=O) groups excluding carboxylic acids is 2. The topological polar surface area (TPSA) is 113 Å². The summed E-state index contributed by atoms with van der Waals surface area (Å²) in [5.74, 6) is -1.49. The fourth-order valence-electron chi connectivity index (χ4n) is 3.44. The van der Waals surface area contributed by atoms with Crippen LogP contribution in [0.5, 0.6) is 5.88 Å². The second-order valence-electron chi connectivity index (χ2n) is 7.32. The lowest BCUT2D eigenvalue weighted by Crippen LogP contribution is -2.17. The van der Waals surface area contributed by atoms with Gasteiger partial charge in [0.25, 0.3) is 0 Å². The summed E-state index contributed by atoms with van der Waals surface area (Å²) in [5, 5.41) is 8.42. The number of aryl methyl sites for hydroxylation is 3. The zero-order valence-electron chi connectivity index (χ0n) is 18.6. The van der Waals surface area contributed by atoms with Crippen LogP contribution >= 0.6 is 23.2 Å². The van der Waals surface area contributed by atoms with Gasteiger partial charge < -0.3 is 4.74 Å². The summed E-state index contributed by atoms with van der Waals surface area (Å²) in [6.07, 6.45) is 3.15. The molecule has 0 N–H and O–H groups in total. The van der Waals surface area contributed by atoms with Crippen molar-refractivity contribution in [2.24, 2.45) is 14.1 Å². The average Bonchev–Trinajstić information content (AvgIpc) is 3.24. The minimum absolute atomic E-state index is 0.0177. The smallest absolute Gasteiger partial charge is 0.364 e. The van der Waals surface area contributed by atoms with Gasteiger partial charge in [-0.25, -0.2) is 17.9 Å². The van der Waals surface area contributed by atoms with Crippen LogP contribution in [0.25, 0.3) is 0 Å². The predicted molar refractivity (Wildman–Crippen MR) is 123 cm³/mol. The van der Waals surface area contributed by atoms with Crippen molar-refractivity contribution in [3.05, 3.63) is 56.5 Å². The van der Waals surface area contributed by atoms with Crippen LogP contribution < -0.4 is 4.74 Å². The third-order valence-corrected chi connectivity index (χ3v) is 7.11. The molecule has 3 rings (SSSR count). The van der Waals surface area contributed by atoms with Crippen LogP contribution in [-0.2, 0) is 36.8 Å². The highest BCUT2D eigenvalue weighted by atomic mass is 35.5. The van der Waals surface area contributed by atoms with Crippen molar-refractivity contribution in [3.8, 4) is 5.88 Å². The Hall–Kier alpha value is -2.69. The lowest BCUT2D eigenvalue weighted by Gasteiger charge is -2.12. The number of ketones is 1. The molecule has 2 heterocycles. The maximum Gasteiger partial charge on any atom is 0.364 e. The quantitative estimate of drug-likeness (QED) is 0.351. The lowest BCUT2D eigenvalue weighted by atomic mass is 10.0. The van der Waals surface area contributed by atoms with Crippen molar-refractivity contribution in [1.29, 1.82) is 0 Å². The minimum atomic E-state index is -3.54. The molecule has 9 nitrogen and oxygen atoms in total. The number of ether oxygens (including phenoxy) is 1. The Morgan fingerprint density at radius 1 is 1.03 bits per heavy atom. The van der Waals surface area contributed by atoms with Gasteiger partial charge in [-0.05, 0) is 30.5 Å². The highest BCUT2D eigenvalue weighted by Crippen LogP contribution is 2.32. The fourth-order valence-corrected chi connectivity index (χ4v) is 5.26. The number of sulfone groups is 1. The van der Waals surface area contributed by atoms with E-state index >= 15 is 0 Å². The molecule has 0 saturated carbocycles. The van der Waals surface area contributed by atoms with Gasteiger partial charge in [-0.15, -0.1) is 0 Å². The predicted octanol–water partition coefficient (Wildman–Crippen LogP) is 3.44. The first-order chi connectivity index (χ1) is 15.4. The summed E-state index contributed by atoms with van der Waals surface area (Å²) in [7, 11) is -0.467. The number of halogens is 2. The SMILES string of the molecule is CCc1nn(C)c(C(=O)Oc2c(C(=O)c3ccc(S(C)(=O)=O)c(CC)c3Cl)cnn2C)c1Cl. The maximum absolute atomic E-state index is 13.3. The van der Waals surface area contributed by atoms with Crippen LogP contribution in [-0.4, -0.2) is 46.0 Å². The Bertz CT molecular complexity index is 1380. The first-order valence-electron chi connectivity index (χ1n) is 9.93. The first kappa shape index (κ1) is 24.9. The molecule has 0 amide bonds. The van der Waals surface area contributed by atoms with E-state index in [1.807, 2.05) is 6.92 Å². The van der Waals surface area contributed by atoms with Gasteiger partial charge >= 0.3 is 5.97 Å². The fraction of sp³-hybridized carbons (Fsp3) is 0.333. The molecular formula is C21H22Cl2N4O5S. The van der Waals surface area contributed by atoms with E-state index in [-0.39, 0.29) is 37.6 Å². The van der Waals surface area contributed by atoms with Crippen LogP contribution in [0.1, 0.15) is 51.5 Å². The number of hydrogen-bond acceptors (Lipinski definition) is 7. The summed E-state index contributed by atoms with van der Waals surface area (Å²) in [5.41, 5.74) is 0.962. The van der Waals surface area contributed by atoms with E-state index in [0.717, 1.165) is 6.26 Å². The Labute approximate surface area is 201 Å². The molecule has 0 spiro atoms.